The molecule has 0 aromatic heterocycles. The SMILES string of the molecule is O=[N+]([O-])N1CCCCCCOOOON1[N+](=O)[O-]. The molecule has 0 aromatic rings. The monoisotopic (exact) mass is 268 g/mol. The molecule has 0 unspecified atom stereocenters. The Morgan fingerprint density at radius 1 is 0.944 bits per heavy atom. The summed E-state index contributed by atoms with van der Waals surface area (Å²) in [5.74, 6) is 0. The average molecular weight is 268 g/mol. The second kappa shape index (κ2) is 7.54. The second-order valence-electron chi connectivity index (χ2n) is 3.27. The maximum Gasteiger partial charge on any atom is 0.217 e. The van der Waals surface area contributed by atoms with Gasteiger partial charge in [0.15, 0.2) is 5.03 Å². The predicted molar refractivity (Wildman–Crippen MR) is 50.2 cm³/mol. The number of nitro groups is 2. The Kier molecular flexibility index (Phi) is 5.99. The van der Waals surface area contributed by atoms with Crippen molar-refractivity contribution in [2.24, 2.45) is 0 Å². The van der Waals surface area contributed by atoms with Gasteiger partial charge in [-0.05, 0) is 22.9 Å². The summed E-state index contributed by atoms with van der Waals surface area (Å²) in [7, 11) is 0. The van der Waals surface area contributed by atoms with E-state index in [0.29, 0.717) is 19.3 Å². The van der Waals surface area contributed by atoms with E-state index in [1.54, 1.807) is 0 Å². The second-order valence-corrected chi connectivity index (χ2v) is 3.27. The molecule has 12 nitrogen and oxygen atoms in total. The van der Waals surface area contributed by atoms with Crippen LogP contribution in [-0.2, 0) is 20.0 Å². The Hall–Kier alpha value is -1.76. The zero-order valence-electron chi connectivity index (χ0n) is 9.30. The van der Waals surface area contributed by atoms with E-state index in [1.165, 1.54) is 0 Å². The van der Waals surface area contributed by atoms with Gasteiger partial charge in [0, 0.05) is 4.99 Å². The minimum absolute atomic E-state index is 0.158. The van der Waals surface area contributed by atoms with E-state index in [1.807, 2.05) is 0 Å². The topological polar surface area (TPSA) is 130 Å². The van der Waals surface area contributed by atoms with Gasteiger partial charge in [0.1, 0.15) is 6.54 Å². The largest absolute Gasteiger partial charge is 0.233 e. The van der Waals surface area contributed by atoms with E-state index in [4.69, 9.17) is 0 Å². The standard InChI is InChI=1S/C6H12N4O8/c11-9(12)7-5-3-1-2-4-6-15-17-18-16-8(7)10(13)14/h1-6H2. The van der Waals surface area contributed by atoms with Crippen molar-refractivity contribution >= 4 is 0 Å². The zero-order chi connectivity index (χ0) is 13.4. The van der Waals surface area contributed by atoms with Gasteiger partial charge in [0.25, 0.3) is 0 Å². The lowest BCUT2D eigenvalue weighted by atomic mass is 10.2. The van der Waals surface area contributed by atoms with Crippen molar-refractivity contribution in [1.29, 1.82) is 0 Å². The van der Waals surface area contributed by atoms with Gasteiger partial charge >= 0.3 is 0 Å². The van der Waals surface area contributed by atoms with Gasteiger partial charge in [-0.25, -0.2) is 25.1 Å². The van der Waals surface area contributed by atoms with Gasteiger partial charge in [0.05, 0.1) is 11.7 Å². The molecule has 104 valence electrons. The van der Waals surface area contributed by atoms with Crippen molar-refractivity contribution in [3.05, 3.63) is 20.2 Å². The van der Waals surface area contributed by atoms with Crippen molar-refractivity contribution in [2.75, 3.05) is 13.2 Å². The normalized spacial score (nSPS) is 19.8. The summed E-state index contributed by atoms with van der Waals surface area (Å²) in [6.07, 6.45) is 2.45. The van der Waals surface area contributed by atoms with Gasteiger partial charge in [-0.15, -0.1) is 0 Å². The molecule has 1 fully saturated rings. The van der Waals surface area contributed by atoms with Gasteiger partial charge < -0.3 is 0 Å². The van der Waals surface area contributed by atoms with E-state index in [-0.39, 0.29) is 23.6 Å². The molecule has 0 amide bonds. The van der Waals surface area contributed by atoms with Gasteiger partial charge in [-0.3, -0.25) is 0 Å². The van der Waals surface area contributed by atoms with E-state index >= 15 is 0 Å². The highest BCUT2D eigenvalue weighted by atomic mass is 17.7. The molecule has 0 spiro atoms. The van der Waals surface area contributed by atoms with Crippen LogP contribution in [0.4, 0.5) is 0 Å². The van der Waals surface area contributed by atoms with E-state index in [2.05, 4.69) is 20.0 Å². The molecule has 12 heteroatoms. The first-order valence-electron chi connectivity index (χ1n) is 5.12. The molecule has 1 rings (SSSR count). The molecule has 1 aliphatic heterocycles. The quantitative estimate of drug-likeness (QED) is 0.388. The first-order valence-corrected chi connectivity index (χ1v) is 5.12. The minimum atomic E-state index is -1.17. The Morgan fingerprint density at radius 3 is 2.33 bits per heavy atom. The van der Waals surface area contributed by atoms with Crippen LogP contribution in [0.5, 0.6) is 0 Å². The summed E-state index contributed by atoms with van der Waals surface area (Å²) >= 11 is 0. The van der Waals surface area contributed by atoms with Crippen LogP contribution in [0.1, 0.15) is 25.7 Å². The van der Waals surface area contributed by atoms with Crippen LogP contribution in [0.15, 0.2) is 0 Å². The summed E-state index contributed by atoms with van der Waals surface area (Å²) in [6.45, 7) is 0.0268. The van der Waals surface area contributed by atoms with Gasteiger partial charge in [-0.2, -0.15) is 0 Å². The van der Waals surface area contributed by atoms with Crippen molar-refractivity contribution < 1.29 is 30.0 Å². The predicted octanol–water partition coefficient (Wildman–Crippen LogP) is 0.189. The number of hydrazine groups is 3. The lowest BCUT2D eigenvalue weighted by Crippen LogP contribution is -2.49. The summed E-state index contributed by atoms with van der Waals surface area (Å²) in [4.78, 5) is 29.7. The molecular formula is C6H12N4O8. The third-order valence-corrected chi connectivity index (χ3v) is 2.03. The average Bonchev–Trinajstić information content (AvgIpc) is 2.28. The summed E-state index contributed by atoms with van der Waals surface area (Å²) in [5, 5.41) is 26.8. The Morgan fingerprint density at radius 2 is 1.67 bits per heavy atom. The summed E-state index contributed by atoms with van der Waals surface area (Å²) in [6, 6.07) is 0. The molecular weight excluding hydrogens is 256 g/mol. The molecule has 0 bridgehead atoms. The van der Waals surface area contributed by atoms with E-state index < -0.39 is 10.1 Å². The molecule has 0 atom stereocenters. The zero-order valence-corrected chi connectivity index (χ0v) is 9.30. The maximum absolute atomic E-state index is 10.7. The number of nitrogens with zero attached hydrogens (tertiary/aromatic N) is 4. The minimum Gasteiger partial charge on any atom is -0.233 e. The fraction of sp³-hybridized carbons (Fsp3) is 1.00. The first kappa shape index (κ1) is 14.3. The lowest BCUT2D eigenvalue weighted by Gasteiger charge is -2.17. The summed E-state index contributed by atoms with van der Waals surface area (Å²) < 4.78 is 0. The number of hydrogen-bond donors (Lipinski definition) is 0. The highest BCUT2D eigenvalue weighted by molar-refractivity contribution is 4.44. The van der Waals surface area contributed by atoms with Crippen molar-refractivity contribution in [1.82, 2.24) is 10.4 Å². The van der Waals surface area contributed by atoms with Crippen molar-refractivity contribution in [3.63, 3.8) is 0 Å². The molecule has 0 N–H and O–H groups in total. The Bertz CT molecular complexity index is 261. The Balaban J connectivity index is 2.64. The molecule has 1 aliphatic rings. The molecule has 0 aliphatic carbocycles. The molecule has 0 aromatic carbocycles. The van der Waals surface area contributed by atoms with Crippen LogP contribution in [0, 0.1) is 20.2 Å². The fourth-order valence-corrected chi connectivity index (χ4v) is 1.24. The fourth-order valence-electron chi connectivity index (χ4n) is 1.24. The molecule has 18 heavy (non-hydrogen) atoms. The van der Waals surface area contributed by atoms with Crippen LogP contribution < -0.4 is 0 Å². The highest BCUT2D eigenvalue weighted by Gasteiger charge is 2.36. The summed E-state index contributed by atoms with van der Waals surface area (Å²) in [5.41, 5.74) is 0. The van der Waals surface area contributed by atoms with E-state index in [0.717, 1.165) is 6.42 Å². The molecule has 0 radical (unpaired) electrons. The van der Waals surface area contributed by atoms with Crippen LogP contribution >= 0.6 is 0 Å². The number of rotatable bonds is 2. The van der Waals surface area contributed by atoms with Crippen molar-refractivity contribution in [2.45, 2.75) is 25.7 Å². The molecule has 1 saturated heterocycles. The van der Waals surface area contributed by atoms with Gasteiger partial charge in [0.2, 0.25) is 10.3 Å². The van der Waals surface area contributed by atoms with E-state index in [9.17, 15) is 20.2 Å². The van der Waals surface area contributed by atoms with Crippen LogP contribution in [-0.4, -0.2) is 33.6 Å². The van der Waals surface area contributed by atoms with Crippen LogP contribution in [0.2, 0.25) is 0 Å². The first-order chi connectivity index (χ1) is 8.63. The molecule has 1 heterocycles. The van der Waals surface area contributed by atoms with Crippen LogP contribution in [0.3, 0.4) is 0 Å². The third-order valence-electron chi connectivity index (χ3n) is 2.03. The highest BCUT2D eigenvalue weighted by Crippen LogP contribution is 2.08. The van der Waals surface area contributed by atoms with Crippen molar-refractivity contribution in [3.8, 4) is 0 Å². The van der Waals surface area contributed by atoms with Crippen LogP contribution in [0.25, 0.3) is 0 Å². The number of hydrogen-bond acceptors (Lipinski definition) is 8. The lowest BCUT2D eigenvalue weighted by molar-refractivity contribution is -0.928. The maximum atomic E-state index is 10.7. The smallest absolute Gasteiger partial charge is 0.217 e. The third kappa shape index (κ3) is 4.62. The van der Waals surface area contributed by atoms with Gasteiger partial charge in [-0.1, -0.05) is 12.8 Å². The Labute approximate surface area is 100 Å². The molecule has 0 saturated carbocycles.